The Kier molecular flexibility index (Phi) is 3.36. The van der Waals surface area contributed by atoms with Crippen LogP contribution >= 0.6 is 0 Å². The minimum absolute atomic E-state index is 0.0804. The molecule has 1 aromatic carbocycles. The highest BCUT2D eigenvalue weighted by atomic mass is 19.4. The first-order valence-corrected chi connectivity index (χ1v) is 4.13. The van der Waals surface area contributed by atoms with E-state index in [1.165, 1.54) is 6.07 Å². The number of nitrogen functional groups attached to an aromatic ring is 1. The van der Waals surface area contributed by atoms with Crippen LogP contribution in [0.1, 0.15) is 5.56 Å². The first-order chi connectivity index (χ1) is 7.29. The molecule has 0 aliphatic rings. The number of hydrogen-bond donors (Lipinski definition) is 2. The van der Waals surface area contributed by atoms with E-state index in [0.717, 1.165) is 12.1 Å². The lowest BCUT2D eigenvalue weighted by atomic mass is 10.2. The van der Waals surface area contributed by atoms with Gasteiger partial charge in [-0.25, -0.2) is 4.39 Å². The second-order valence-corrected chi connectivity index (χ2v) is 2.96. The van der Waals surface area contributed by atoms with E-state index in [1.54, 1.807) is 0 Å². The summed E-state index contributed by atoms with van der Waals surface area (Å²) in [5.74, 6) is -1.89. The molecule has 0 aromatic heterocycles. The summed E-state index contributed by atoms with van der Waals surface area (Å²) < 4.78 is 52.7. The maximum Gasteiger partial charge on any atom is 0.422 e. The highest BCUT2D eigenvalue weighted by Crippen LogP contribution is 2.21. The fraction of sp³-hybridized carbons (Fsp3) is 0.222. The number of alkyl halides is 3. The third-order valence-corrected chi connectivity index (χ3v) is 1.63. The second kappa shape index (κ2) is 4.38. The third-order valence-electron chi connectivity index (χ3n) is 1.63. The molecule has 3 N–H and O–H groups in total. The first-order valence-electron chi connectivity index (χ1n) is 4.13. The van der Waals surface area contributed by atoms with E-state index >= 15 is 0 Å². The van der Waals surface area contributed by atoms with Gasteiger partial charge in [0.15, 0.2) is 18.2 Å². The fourth-order valence-electron chi connectivity index (χ4n) is 0.945. The van der Waals surface area contributed by atoms with Crippen LogP contribution in [0.4, 0.5) is 17.6 Å². The smallest absolute Gasteiger partial charge is 0.422 e. The van der Waals surface area contributed by atoms with Crippen molar-refractivity contribution in [2.24, 2.45) is 5.73 Å². The molecular formula is C9H8F4N2O. The summed E-state index contributed by atoms with van der Waals surface area (Å²) in [6.45, 7) is -1.57. The number of ether oxygens (including phenoxy) is 1. The van der Waals surface area contributed by atoms with E-state index in [1.807, 2.05) is 0 Å². The summed E-state index contributed by atoms with van der Waals surface area (Å²) in [4.78, 5) is 0. The SMILES string of the molecule is N=C(N)c1ccc(OCC(F)(F)F)c(F)c1. The number of amidine groups is 1. The number of hydrogen-bond acceptors (Lipinski definition) is 2. The molecule has 7 heteroatoms. The standard InChI is InChI=1S/C9H8F4N2O/c10-6-3-5(8(14)15)1-2-7(6)16-4-9(11,12)13/h1-3H,4H2,(H3,14,15). The topological polar surface area (TPSA) is 59.1 Å². The van der Waals surface area contributed by atoms with Gasteiger partial charge < -0.3 is 10.5 Å². The molecule has 1 rings (SSSR count). The normalized spacial score (nSPS) is 11.2. The summed E-state index contributed by atoms with van der Waals surface area (Å²) in [5, 5.41) is 6.99. The van der Waals surface area contributed by atoms with Crippen LogP contribution in [0.2, 0.25) is 0 Å². The molecule has 0 aliphatic carbocycles. The zero-order valence-corrected chi connectivity index (χ0v) is 7.94. The van der Waals surface area contributed by atoms with Crippen LogP contribution in [-0.4, -0.2) is 18.6 Å². The van der Waals surface area contributed by atoms with Crippen LogP contribution in [0.3, 0.4) is 0 Å². The van der Waals surface area contributed by atoms with E-state index in [2.05, 4.69) is 4.74 Å². The van der Waals surface area contributed by atoms with Gasteiger partial charge in [-0.15, -0.1) is 0 Å². The summed E-state index contributed by atoms with van der Waals surface area (Å²) in [6, 6.07) is 3.04. The molecule has 0 saturated carbocycles. The molecule has 1 aromatic rings. The molecule has 0 radical (unpaired) electrons. The summed E-state index contributed by atoms with van der Waals surface area (Å²) in [7, 11) is 0. The van der Waals surface area contributed by atoms with Crippen molar-refractivity contribution in [3.8, 4) is 5.75 Å². The number of halogens is 4. The van der Waals surface area contributed by atoms with E-state index in [0.29, 0.717) is 0 Å². The molecule has 0 bridgehead atoms. The van der Waals surface area contributed by atoms with Crippen molar-refractivity contribution in [3.63, 3.8) is 0 Å². The van der Waals surface area contributed by atoms with Crippen molar-refractivity contribution < 1.29 is 22.3 Å². The molecule has 0 atom stereocenters. The molecule has 0 unspecified atom stereocenters. The average molecular weight is 236 g/mol. The van der Waals surface area contributed by atoms with Gasteiger partial charge in [0.1, 0.15) is 5.84 Å². The predicted octanol–water partition coefficient (Wildman–Crippen LogP) is 2.05. The Morgan fingerprint density at radius 2 is 2.00 bits per heavy atom. The zero-order valence-electron chi connectivity index (χ0n) is 7.94. The van der Waals surface area contributed by atoms with Crippen molar-refractivity contribution in [1.82, 2.24) is 0 Å². The van der Waals surface area contributed by atoms with Crippen molar-refractivity contribution in [2.45, 2.75) is 6.18 Å². The maximum absolute atomic E-state index is 13.1. The molecule has 0 heterocycles. The summed E-state index contributed by atoms with van der Waals surface area (Å²) >= 11 is 0. The van der Waals surface area contributed by atoms with Crippen molar-refractivity contribution >= 4 is 5.84 Å². The zero-order chi connectivity index (χ0) is 12.3. The van der Waals surface area contributed by atoms with Crippen LogP contribution in [0.15, 0.2) is 18.2 Å². The van der Waals surface area contributed by atoms with Crippen molar-refractivity contribution in [1.29, 1.82) is 5.41 Å². The Bertz CT molecular complexity index is 403. The third kappa shape index (κ3) is 3.41. The summed E-state index contributed by atoms with van der Waals surface area (Å²) in [6.07, 6.45) is -4.52. The summed E-state index contributed by atoms with van der Waals surface area (Å²) in [5.41, 5.74) is 5.15. The molecule has 0 aliphatic heterocycles. The first kappa shape index (κ1) is 12.3. The largest absolute Gasteiger partial charge is 0.481 e. The molecule has 3 nitrogen and oxygen atoms in total. The molecule has 16 heavy (non-hydrogen) atoms. The highest BCUT2D eigenvalue weighted by Gasteiger charge is 2.28. The van der Waals surface area contributed by atoms with Gasteiger partial charge in [-0.2, -0.15) is 13.2 Å². The number of nitrogens with two attached hydrogens (primary N) is 1. The monoisotopic (exact) mass is 236 g/mol. The van der Waals surface area contributed by atoms with Gasteiger partial charge in [0, 0.05) is 5.56 Å². The maximum atomic E-state index is 13.1. The number of benzene rings is 1. The van der Waals surface area contributed by atoms with Gasteiger partial charge in [-0.05, 0) is 18.2 Å². The lowest BCUT2D eigenvalue weighted by Gasteiger charge is -2.10. The fourth-order valence-corrected chi connectivity index (χ4v) is 0.945. The van der Waals surface area contributed by atoms with Crippen molar-refractivity contribution in [3.05, 3.63) is 29.6 Å². The van der Waals surface area contributed by atoms with Crippen LogP contribution in [0.25, 0.3) is 0 Å². The number of rotatable bonds is 3. The van der Waals surface area contributed by atoms with Gasteiger partial charge >= 0.3 is 6.18 Å². The van der Waals surface area contributed by atoms with Crippen LogP contribution in [0.5, 0.6) is 5.75 Å². The Morgan fingerprint density at radius 3 is 2.44 bits per heavy atom. The molecule has 0 spiro atoms. The predicted molar refractivity (Wildman–Crippen MR) is 49.0 cm³/mol. The Morgan fingerprint density at radius 1 is 1.38 bits per heavy atom. The minimum atomic E-state index is -4.52. The Hall–Kier alpha value is -1.79. The van der Waals surface area contributed by atoms with E-state index in [-0.39, 0.29) is 11.4 Å². The molecular weight excluding hydrogens is 228 g/mol. The van der Waals surface area contributed by atoms with Gasteiger partial charge in [0.2, 0.25) is 0 Å². The van der Waals surface area contributed by atoms with Crippen LogP contribution < -0.4 is 10.5 Å². The van der Waals surface area contributed by atoms with Crippen molar-refractivity contribution in [2.75, 3.05) is 6.61 Å². The Balaban J connectivity index is 2.80. The van der Waals surface area contributed by atoms with Crippen LogP contribution in [0, 0.1) is 11.2 Å². The van der Waals surface area contributed by atoms with E-state index < -0.39 is 24.3 Å². The lowest BCUT2D eigenvalue weighted by Crippen LogP contribution is -2.20. The molecule has 0 amide bonds. The Labute approximate surface area is 88.3 Å². The highest BCUT2D eigenvalue weighted by molar-refractivity contribution is 5.95. The number of nitrogens with one attached hydrogen (secondary N) is 1. The molecule has 88 valence electrons. The van der Waals surface area contributed by atoms with Gasteiger partial charge in [-0.3, -0.25) is 5.41 Å². The minimum Gasteiger partial charge on any atom is -0.481 e. The second-order valence-electron chi connectivity index (χ2n) is 2.96. The average Bonchev–Trinajstić information content (AvgIpc) is 2.14. The van der Waals surface area contributed by atoms with Crippen LogP contribution in [-0.2, 0) is 0 Å². The lowest BCUT2D eigenvalue weighted by molar-refractivity contribution is -0.153. The quantitative estimate of drug-likeness (QED) is 0.479. The molecule has 0 fully saturated rings. The molecule has 0 saturated heterocycles. The van der Waals surface area contributed by atoms with E-state index in [9.17, 15) is 17.6 Å². The van der Waals surface area contributed by atoms with Gasteiger partial charge in [0.25, 0.3) is 0 Å². The van der Waals surface area contributed by atoms with Gasteiger partial charge in [-0.1, -0.05) is 0 Å². The van der Waals surface area contributed by atoms with Gasteiger partial charge in [0.05, 0.1) is 0 Å². The van der Waals surface area contributed by atoms with E-state index in [4.69, 9.17) is 11.1 Å².